The van der Waals surface area contributed by atoms with Crippen molar-refractivity contribution < 1.29 is 14.4 Å². The molecule has 97 valence electrons. The molecule has 1 radical (unpaired) electrons. The van der Waals surface area contributed by atoms with Gasteiger partial charge in [-0.05, 0) is 30.5 Å². The van der Waals surface area contributed by atoms with Crippen LogP contribution in [-0.2, 0) is 16.1 Å². The molecule has 3 rings (SSSR count). The van der Waals surface area contributed by atoms with Crippen molar-refractivity contribution in [3.05, 3.63) is 41.8 Å². The van der Waals surface area contributed by atoms with E-state index in [0.717, 1.165) is 11.1 Å². The lowest BCUT2D eigenvalue weighted by atomic mass is 10.0. The maximum absolute atomic E-state index is 12.3. The molecule has 2 aliphatic heterocycles. The molecule has 1 fully saturated rings. The minimum Gasteiger partial charge on any atom is -0.322 e. The highest BCUT2D eigenvalue weighted by Crippen LogP contribution is 2.27. The molecule has 0 saturated carbocycles. The van der Waals surface area contributed by atoms with E-state index in [1.807, 2.05) is 6.07 Å². The molecule has 1 saturated heterocycles. The molecular weight excluding hydrogens is 244 g/mol. The van der Waals surface area contributed by atoms with E-state index in [9.17, 15) is 14.4 Å². The van der Waals surface area contributed by atoms with Crippen molar-refractivity contribution >= 4 is 17.7 Å². The minimum atomic E-state index is -0.550. The van der Waals surface area contributed by atoms with Crippen LogP contribution in [0.5, 0.6) is 0 Å². The summed E-state index contributed by atoms with van der Waals surface area (Å²) in [5, 5.41) is 2.28. The fourth-order valence-corrected chi connectivity index (χ4v) is 2.63. The molecule has 1 aromatic carbocycles. The summed E-state index contributed by atoms with van der Waals surface area (Å²) in [6, 6.07) is 4.83. The van der Waals surface area contributed by atoms with E-state index in [-0.39, 0.29) is 24.1 Å². The Morgan fingerprint density at radius 3 is 2.79 bits per heavy atom. The number of amides is 3. The molecule has 0 spiro atoms. The van der Waals surface area contributed by atoms with E-state index in [0.29, 0.717) is 18.5 Å². The predicted molar refractivity (Wildman–Crippen MR) is 66.9 cm³/mol. The van der Waals surface area contributed by atoms with Gasteiger partial charge in [-0.25, -0.2) is 0 Å². The SMILES string of the molecule is [CH2]c1ccc2c(c1)CN(C1CCC(=O)NC1=O)C2=O. The van der Waals surface area contributed by atoms with Gasteiger partial charge in [0.1, 0.15) is 6.04 Å². The normalized spacial score (nSPS) is 22.5. The Bertz CT molecular complexity index is 594. The Kier molecular flexibility index (Phi) is 2.62. The number of fused-ring (bicyclic) bond motifs is 1. The van der Waals surface area contributed by atoms with Crippen molar-refractivity contribution in [3.8, 4) is 0 Å². The maximum atomic E-state index is 12.3. The zero-order valence-electron chi connectivity index (χ0n) is 10.3. The number of nitrogens with one attached hydrogen (secondary N) is 1. The number of benzene rings is 1. The molecule has 2 aliphatic rings. The van der Waals surface area contributed by atoms with Gasteiger partial charge in [-0.2, -0.15) is 0 Å². The highest BCUT2D eigenvalue weighted by Gasteiger charge is 2.38. The molecule has 1 aromatic rings. The van der Waals surface area contributed by atoms with E-state index in [4.69, 9.17) is 0 Å². The highest BCUT2D eigenvalue weighted by molar-refractivity contribution is 6.05. The maximum Gasteiger partial charge on any atom is 0.255 e. The molecule has 0 aliphatic carbocycles. The van der Waals surface area contributed by atoms with Crippen molar-refractivity contribution in [1.82, 2.24) is 10.2 Å². The van der Waals surface area contributed by atoms with Crippen LogP contribution in [0.25, 0.3) is 0 Å². The molecule has 0 bridgehead atoms. The van der Waals surface area contributed by atoms with Crippen LogP contribution in [0, 0.1) is 6.92 Å². The first kappa shape index (κ1) is 11.9. The Labute approximate surface area is 110 Å². The molecule has 0 aromatic heterocycles. The van der Waals surface area contributed by atoms with Crippen molar-refractivity contribution in [2.24, 2.45) is 0 Å². The van der Waals surface area contributed by atoms with Crippen molar-refractivity contribution in [2.45, 2.75) is 25.4 Å². The Morgan fingerprint density at radius 1 is 1.26 bits per heavy atom. The van der Waals surface area contributed by atoms with Crippen molar-refractivity contribution in [1.29, 1.82) is 0 Å². The third kappa shape index (κ3) is 1.91. The third-order valence-electron chi connectivity index (χ3n) is 3.59. The number of hydrogen-bond donors (Lipinski definition) is 1. The zero-order valence-corrected chi connectivity index (χ0v) is 10.3. The topological polar surface area (TPSA) is 66.5 Å². The highest BCUT2D eigenvalue weighted by atomic mass is 16.2. The summed E-state index contributed by atoms with van der Waals surface area (Å²) in [6.45, 7) is 4.24. The van der Waals surface area contributed by atoms with E-state index in [1.54, 1.807) is 12.1 Å². The number of piperidine rings is 1. The minimum absolute atomic E-state index is 0.149. The second-order valence-corrected chi connectivity index (χ2v) is 4.89. The first-order chi connectivity index (χ1) is 9.06. The molecule has 5 nitrogen and oxygen atoms in total. The summed E-state index contributed by atoms with van der Waals surface area (Å²) < 4.78 is 0. The summed E-state index contributed by atoms with van der Waals surface area (Å²) >= 11 is 0. The van der Waals surface area contributed by atoms with E-state index < -0.39 is 6.04 Å². The van der Waals surface area contributed by atoms with Gasteiger partial charge in [0.2, 0.25) is 11.8 Å². The lowest BCUT2D eigenvalue weighted by Gasteiger charge is -2.29. The van der Waals surface area contributed by atoms with Crippen LogP contribution in [0.1, 0.15) is 34.3 Å². The molecule has 1 unspecified atom stereocenters. The van der Waals surface area contributed by atoms with Crippen LogP contribution in [-0.4, -0.2) is 28.7 Å². The molecule has 5 heteroatoms. The van der Waals surface area contributed by atoms with E-state index >= 15 is 0 Å². The fraction of sp³-hybridized carbons (Fsp3) is 0.286. The monoisotopic (exact) mass is 257 g/mol. The Morgan fingerprint density at radius 2 is 2.05 bits per heavy atom. The van der Waals surface area contributed by atoms with Gasteiger partial charge in [0, 0.05) is 18.5 Å². The predicted octanol–water partition coefficient (Wildman–Crippen LogP) is 0.630. The number of nitrogens with zero attached hydrogens (tertiary/aromatic N) is 1. The summed E-state index contributed by atoms with van der Waals surface area (Å²) in [7, 11) is 0. The van der Waals surface area contributed by atoms with Crippen LogP contribution in [0.2, 0.25) is 0 Å². The Hall–Kier alpha value is -2.17. The summed E-state index contributed by atoms with van der Waals surface area (Å²) in [5.74, 6) is -0.804. The van der Waals surface area contributed by atoms with Gasteiger partial charge >= 0.3 is 0 Å². The lowest BCUT2D eigenvalue weighted by molar-refractivity contribution is -0.136. The first-order valence-electron chi connectivity index (χ1n) is 6.16. The number of imide groups is 1. The smallest absolute Gasteiger partial charge is 0.255 e. The van der Waals surface area contributed by atoms with Gasteiger partial charge in [0.25, 0.3) is 5.91 Å². The number of carbonyl (C=O) groups excluding carboxylic acids is 3. The average Bonchev–Trinajstić information content (AvgIpc) is 2.66. The van der Waals surface area contributed by atoms with Crippen LogP contribution < -0.4 is 5.32 Å². The van der Waals surface area contributed by atoms with Crippen molar-refractivity contribution in [3.63, 3.8) is 0 Å². The summed E-state index contributed by atoms with van der Waals surface area (Å²) in [6.07, 6.45) is 0.665. The molecule has 19 heavy (non-hydrogen) atoms. The molecule has 3 amide bonds. The van der Waals surface area contributed by atoms with Gasteiger partial charge in [-0.3, -0.25) is 19.7 Å². The van der Waals surface area contributed by atoms with Gasteiger partial charge in [-0.1, -0.05) is 12.1 Å². The van der Waals surface area contributed by atoms with Crippen LogP contribution >= 0.6 is 0 Å². The van der Waals surface area contributed by atoms with E-state index in [1.165, 1.54) is 4.90 Å². The molecular formula is C14H13N2O3. The summed E-state index contributed by atoms with van der Waals surface area (Å²) in [4.78, 5) is 36.8. The van der Waals surface area contributed by atoms with Crippen LogP contribution in [0.15, 0.2) is 18.2 Å². The standard InChI is InChI=1S/C14H13N2O3/c1-8-2-3-10-9(6-8)7-16(14(10)19)11-4-5-12(17)15-13(11)18/h2-3,6,11H,1,4-5,7H2,(H,15,17,18). The van der Waals surface area contributed by atoms with Crippen molar-refractivity contribution in [2.75, 3.05) is 0 Å². The number of carbonyl (C=O) groups is 3. The molecule has 1 atom stereocenters. The summed E-state index contributed by atoms with van der Waals surface area (Å²) in [5.41, 5.74) is 2.36. The van der Waals surface area contributed by atoms with Gasteiger partial charge in [0.05, 0.1) is 0 Å². The first-order valence-corrected chi connectivity index (χ1v) is 6.16. The van der Waals surface area contributed by atoms with Crippen LogP contribution in [0.4, 0.5) is 0 Å². The average molecular weight is 257 g/mol. The molecule has 1 N–H and O–H groups in total. The van der Waals surface area contributed by atoms with Gasteiger partial charge < -0.3 is 4.90 Å². The van der Waals surface area contributed by atoms with Gasteiger partial charge in [-0.15, -0.1) is 0 Å². The zero-order chi connectivity index (χ0) is 13.6. The van der Waals surface area contributed by atoms with E-state index in [2.05, 4.69) is 12.2 Å². The molecule has 2 heterocycles. The third-order valence-corrected chi connectivity index (χ3v) is 3.59. The lowest BCUT2D eigenvalue weighted by Crippen LogP contribution is -2.52. The largest absolute Gasteiger partial charge is 0.322 e. The quantitative estimate of drug-likeness (QED) is 0.750. The Balaban J connectivity index is 1.87. The van der Waals surface area contributed by atoms with Gasteiger partial charge in [0.15, 0.2) is 0 Å². The second kappa shape index (κ2) is 4.19. The number of hydrogen-bond acceptors (Lipinski definition) is 3. The number of rotatable bonds is 1. The van der Waals surface area contributed by atoms with Crippen LogP contribution in [0.3, 0.4) is 0 Å². The second-order valence-electron chi connectivity index (χ2n) is 4.89. The fourth-order valence-electron chi connectivity index (χ4n) is 2.63.